The van der Waals surface area contributed by atoms with Gasteiger partial charge in [0, 0.05) is 18.8 Å². The summed E-state index contributed by atoms with van der Waals surface area (Å²) in [5.74, 6) is 1.58. The number of rotatable bonds is 5. The van der Waals surface area contributed by atoms with Gasteiger partial charge in [0.25, 0.3) is 0 Å². The number of carbonyl (C=O) groups excluding carboxylic acids is 1. The summed E-state index contributed by atoms with van der Waals surface area (Å²) in [7, 11) is 0. The summed E-state index contributed by atoms with van der Waals surface area (Å²) in [6, 6.07) is 0. The van der Waals surface area contributed by atoms with Gasteiger partial charge in [-0.3, -0.25) is 4.79 Å². The van der Waals surface area contributed by atoms with Crippen molar-refractivity contribution in [2.75, 3.05) is 0 Å². The van der Waals surface area contributed by atoms with Crippen molar-refractivity contribution in [1.29, 1.82) is 0 Å². The molecule has 0 spiro atoms. The molecule has 0 heterocycles. The first kappa shape index (κ1) is 22.5. The quantitative estimate of drug-likeness (QED) is 0.550. The number of aliphatic hydroxyl groups is 2. The van der Waals surface area contributed by atoms with Crippen molar-refractivity contribution in [3.8, 4) is 0 Å². The van der Waals surface area contributed by atoms with Crippen LogP contribution in [0.25, 0.3) is 0 Å². The molecule has 3 fully saturated rings. The molecule has 4 aliphatic carbocycles. The van der Waals surface area contributed by atoms with Crippen LogP contribution in [0.1, 0.15) is 98.8 Å². The third-order valence-electron chi connectivity index (χ3n) is 10.2. The van der Waals surface area contributed by atoms with E-state index in [1.807, 2.05) is 6.08 Å². The van der Waals surface area contributed by atoms with Crippen LogP contribution in [0.3, 0.4) is 0 Å². The standard InChI is InChI=1S/C27H44O3/c1-17(2)7-6-8-18(3)20-9-10-21-19-15-24(28)23-16-27(29,30)14-13-26(23,5)22(19)11-12-25(20,21)4/h15,17-18,20-23,29-30H,6-14,16H2,1-5H3/t18-,20-,21+,22+,23?,25-,26-/m1/s1. The van der Waals surface area contributed by atoms with Crippen LogP contribution in [0.4, 0.5) is 0 Å². The Hall–Kier alpha value is -0.670. The molecule has 0 aromatic carbocycles. The van der Waals surface area contributed by atoms with E-state index >= 15 is 0 Å². The molecule has 0 aromatic heterocycles. The molecule has 0 saturated heterocycles. The van der Waals surface area contributed by atoms with Gasteiger partial charge in [0.1, 0.15) is 0 Å². The van der Waals surface area contributed by atoms with Crippen LogP contribution >= 0.6 is 0 Å². The highest BCUT2D eigenvalue weighted by molar-refractivity contribution is 5.94. The second kappa shape index (κ2) is 7.73. The second-order valence-electron chi connectivity index (χ2n) is 12.4. The minimum Gasteiger partial charge on any atom is -0.366 e. The predicted molar refractivity (Wildman–Crippen MR) is 121 cm³/mol. The minimum absolute atomic E-state index is 0.0988. The lowest BCUT2D eigenvalue weighted by molar-refractivity contribution is -0.216. The molecule has 0 bridgehead atoms. The molecule has 4 rings (SSSR count). The molecule has 0 amide bonds. The summed E-state index contributed by atoms with van der Waals surface area (Å²) in [6.07, 6.45) is 12.3. The van der Waals surface area contributed by atoms with Gasteiger partial charge >= 0.3 is 0 Å². The molecular weight excluding hydrogens is 372 g/mol. The first-order valence-electron chi connectivity index (χ1n) is 12.7. The van der Waals surface area contributed by atoms with E-state index in [0.29, 0.717) is 23.7 Å². The summed E-state index contributed by atoms with van der Waals surface area (Å²) < 4.78 is 0. The van der Waals surface area contributed by atoms with Gasteiger partial charge in [-0.1, -0.05) is 59.5 Å². The molecule has 2 N–H and O–H groups in total. The van der Waals surface area contributed by atoms with Gasteiger partial charge in [0.05, 0.1) is 0 Å². The Morgan fingerprint density at radius 3 is 2.33 bits per heavy atom. The fourth-order valence-corrected chi connectivity index (χ4v) is 8.34. The van der Waals surface area contributed by atoms with Crippen molar-refractivity contribution in [1.82, 2.24) is 0 Å². The zero-order chi connectivity index (χ0) is 21.9. The number of ketones is 1. The molecule has 30 heavy (non-hydrogen) atoms. The summed E-state index contributed by atoms with van der Waals surface area (Å²) in [5, 5.41) is 20.4. The van der Waals surface area contributed by atoms with Gasteiger partial charge in [-0.2, -0.15) is 0 Å². The molecule has 1 unspecified atom stereocenters. The smallest absolute Gasteiger partial charge is 0.163 e. The Bertz CT molecular complexity index is 707. The highest BCUT2D eigenvalue weighted by atomic mass is 16.5. The largest absolute Gasteiger partial charge is 0.366 e. The first-order valence-corrected chi connectivity index (χ1v) is 12.7. The molecule has 0 aromatic rings. The highest BCUT2D eigenvalue weighted by Gasteiger charge is 2.60. The minimum atomic E-state index is -1.67. The Kier molecular flexibility index (Phi) is 5.80. The van der Waals surface area contributed by atoms with Crippen LogP contribution in [-0.4, -0.2) is 21.8 Å². The molecule has 3 nitrogen and oxygen atoms in total. The van der Waals surface area contributed by atoms with E-state index in [1.54, 1.807) is 0 Å². The molecule has 0 radical (unpaired) electrons. The van der Waals surface area contributed by atoms with E-state index in [0.717, 1.165) is 30.6 Å². The lowest BCUT2D eigenvalue weighted by Crippen LogP contribution is -2.55. The molecule has 0 aliphatic heterocycles. The van der Waals surface area contributed by atoms with Crippen molar-refractivity contribution in [2.24, 2.45) is 46.3 Å². The Balaban J connectivity index is 1.56. The molecule has 7 atom stereocenters. The monoisotopic (exact) mass is 416 g/mol. The summed E-state index contributed by atoms with van der Waals surface area (Å²) in [4.78, 5) is 13.2. The van der Waals surface area contributed by atoms with Crippen molar-refractivity contribution in [2.45, 2.75) is 105 Å². The van der Waals surface area contributed by atoms with Crippen LogP contribution < -0.4 is 0 Å². The lowest BCUT2D eigenvalue weighted by atomic mass is 9.47. The zero-order valence-corrected chi connectivity index (χ0v) is 19.9. The summed E-state index contributed by atoms with van der Waals surface area (Å²) >= 11 is 0. The van der Waals surface area contributed by atoms with E-state index in [9.17, 15) is 15.0 Å². The molecule has 3 saturated carbocycles. The van der Waals surface area contributed by atoms with E-state index in [2.05, 4.69) is 34.6 Å². The van der Waals surface area contributed by atoms with Gasteiger partial charge < -0.3 is 10.2 Å². The Morgan fingerprint density at radius 2 is 1.63 bits per heavy atom. The maximum atomic E-state index is 13.2. The first-order chi connectivity index (χ1) is 14.0. The number of allylic oxidation sites excluding steroid dienone is 2. The summed E-state index contributed by atoms with van der Waals surface area (Å²) in [5.41, 5.74) is 1.67. The van der Waals surface area contributed by atoms with Gasteiger partial charge in [0.15, 0.2) is 11.6 Å². The van der Waals surface area contributed by atoms with Gasteiger partial charge in [-0.25, -0.2) is 0 Å². The fourth-order valence-electron chi connectivity index (χ4n) is 8.34. The van der Waals surface area contributed by atoms with E-state index in [4.69, 9.17) is 0 Å². The van der Waals surface area contributed by atoms with E-state index in [1.165, 1.54) is 44.1 Å². The van der Waals surface area contributed by atoms with Gasteiger partial charge in [-0.05, 0) is 78.6 Å². The maximum Gasteiger partial charge on any atom is 0.163 e. The van der Waals surface area contributed by atoms with E-state index in [-0.39, 0.29) is 23.5 Å². The zero-order valence-electron chi connectivity index (χ0n) is 19.9. The van der Waals surface area contributed by atoms with Crippen LogP contribution in [0, 0.1) is 46.3 Å². The predicted octanol–water partition coefficient (Wildman–Crippen LogP) is 5.89. The van der Waals surface area contributed by atoms with Crippen LogP contribution in [0.2, 0.25) is 0 Å². The highest BCUT2D eigenvalue weighted by Crippen LogP contribution is 2.66. The van der Waals surface area contributed by atoms with Crippen LogP contribution in [0.15, 0.2) is 11.6 Å². The molecular formula is C27H44O3. The fraction of sp³-hybridized carbons (Fsp3) is 0.889. The van der Waals surface area contributed by atoms with Gasteiger partial charge in [-0.15, -0.1) is 0 Å². The number of carbonyl (C=O) groups is 1. The van der Waals surface area contributed by atoms with Crippen molar-refractivity contribution in [3.05, 3.63) is 11.6 Å². The number of fused-ring (bicyclic) bond motifs is 5. The van der Waals surface area contributed by atoms with Crippen molar-refractivity contribution >= 4 is 5.78 Å². The van der Waals surface area contributed by atoms with Crippen LogP contribution in [0.5, 0.6) is 0 Å². The average Bonchev–Trinajstić information content (AvgIpc) is 3.00. The third kappa shape index (κ3) is 3.62. The molecule has 3 heteroatoms. The number of hydrogen-bond acceptors (Lipinski definition) is 3. The van der Waals surface area contributed by atoms with Crippen molar-refractivity contribution in [3.63, 3.8) is 0 Å². The second-order valence-corrected chi connectivity index (χ2v) is 12.4. The summed E-state index contributed by atoms with van der Waals surface area (Å²) in [6.45, 7) is 11.9. The average molecular weight is 417 g/mol. The SMILES string of the molecule is CC(C)CCC[C@@H](C)[C@H]1CC[C@H]2C3=CC(=O)C4CC(O)(O)CC[C@]4(C)[C@H]3CC[C@]12C. The maximum absolute atomic E-state index is 13.2. The Morgan fingerprint density at radius 1 is 0.933 bits per heavy atom. The van der Waals surface area contributed by atoms with Crippen molar-refractivity contribution < 1.29 is 15.0 Å². The third-order valence-corrected chi connectivity index (χ3v) is 10.2. The van der Waals surface area contributed by atoms with Gasteiger partial charge in [0.2, 0.25) is 0 Å². The molecule has 170 valence electrons. The topological polar surface area (TPSA) is 57.5 Å². The normalized spacial score (nSPS) is 43.6. The van der Waals surface area contributed by atoms with Crippen LogP contribution in [-0.2, 0) is 4.79 Å². The molecule has 4 aliphatic rings. The van der Waals surface area contributed by atoms with E-state index < -0.39 is 5.79 Å². The number of hydrogen-bond donors (Lipinski definition) is 2. The Labute approximate surface area is 183 Å². The lowest BCUT2D eigenvalue weighted by Gasteiger charge is -2.57.